The SMILES string of the molecule is Cc1c(C(=O)N2CCOCC2)ccn2c3c(nc12)[C@@H]1[C@H](C3)N(CC2CC2)[C@@]2(C(=O)Nc3cc(Cl)ccc32)[C@H]1c1ccnc(Cl)c1F. The number of carbonyl (C=O) groups is 2. The van der Waals surface area contributed by atoms with Gasteiger partial charge >= 0.3 is 0 Å². The molecule has 4 aromatic rings. The monoisotopic (exact) mass is 660 g/mol. The van der Waals surface area contributed by atoms with Crippen molar-refractivity contribution in [1.82, 2.24) is 24.2 Å². The number of rotatable bonds is 4. The molecule has 1 aromatic carbocycles. The number of fused-ring (bicyclic) bond motifs is 7. The standard InChI is InChI=1S/C34H31Cl2FN6O3/c1-17-20(32(44)41-10-12-46-13-11-41)7-9-42-25-15-24-26(29(25)40-31(17)42)27(21-6-8-38-30(36)28(21)37)34(43(24)16-18-2-3-18)22-5-4-19(35)14-23(22)39-33(34)45/h4-9,14,18,24,26-27H,2-3,10-13,15-16H2,1H3,(H,39,45)/t24-,26+,27-,34+/m0/s1. The molecule has 4 atom stereocenters. The molecule has 9 rings (SSSR count). The summed E-state index contributed by atoms with van der Waals surface area (Å²) in [4.78, 5) is 41.5. The van der Waals surface area contributed by atoms with Gasteiger partial charge in [0.15, 0.2) is 11.0 Å². The van der Waals surface area contributed by atoms with Gasteiger partial charge < -0.3 is 19.4 Å². The third kappa shape index (κ3) is 3.87. The van der Waals surface area contributed by atoms with Crippen LogP contribution in [0, 0.1) is 18.7 Å². The molecule has 2 amide bonds. The van der Waals surface area contributed by atoms with Gasteiger partial charge in [0.05, 0.1) is 18.9 Å². The number of likely N-dealkylation sites (tertiary alicyclic amines) is 1. The summed E-state index contributed by atoms with van der Waals surface area (Å²) in [6, 6.07) is 8.89. The highest BCUT2D eigenvalue weighted by molar-refractivity contribution is 6.31. The molecule has 1 N–H and O–H groups in total. The van der Waals surface area contributed by atoms with E-state index in [4.69, 9.17) is 32.9 Å². The van der Waals surface area contributed by atoms with E-state index in [1.54, 1.807) is 18.2 Å². The molecule has 2 aliphatic carbocycles. The van der Waals surface area contributed by atoms with E-state index in [0.29, 0.717) is 72.7 Å². The van der Waals surface area contributed by atoms with Crippen LogP contribution in [0.1, 0.15) is 63.1 Å². The number of nitrogens with zero attached hydrogens (tertiary/aromatic N) is 5. The van der Waals surface area contributed by atoms with Gasteiger partial charge in [-0.05, 0) is 55.5 Å². The first-order valence-electron chi connectivity index (χ1n) is 15.8. The van der Waals surface area contributed by atoms with Crippen LogP contribution in [-0.2, 0) is 21.5 Å². The number of anilines is 1. The van der Waals surface area contributed by atoms with Crippen LogP contribution in [0.15, 0.2) is 42.7 Å². The third-order valence-corrected chi connectivity index (χ3v) is 11.3. The zero-order valence-corrected chi connectivity index (χ0v) is 26.6. The van der Waals surface area contributed by atoms with Gasteiger partial charge in [0, 0.05) is 89.4 Å². The fourth-order valence-electron chi connectivity index (χ4n) is 8.67. The molecule has 3 aromatic heterocycles. The lowest BCUT2D eigenvalue weighted by molar-refractivity contribution is -0.128. The number of hydrogen-bond acceptors (Lipinski definition) is 6. The number of imidazole rings is 1. The van der Waals surface area contributed by atoms with E-state index in [-0.39, 0.29) is 28.9 Å². The average molecular weight is 662 g/mol. The van der Waals surface area contributed by atoms with Crippen molar-refractivity contribution >= 4 is 46.4 Å². The van der Waals surface area contributed by atoms with Crippen molar-refractivity contribution in [1.29, 1.82) is 0 Å². The van der Waals surface area contributed by atoms with Crippen molar-refractivity contribution in [2.24, 2.45) is 5.92 Å². The van der Waals surface area contributed by atoms with Crippen molar-refractivity contribution < 1.29 is 18.7 Å². The first-order chi connectivity index (χ1) is 22.3. The number of halogens is 3. The maximum absolute atomic E-state index is 16.2. The van der Waals surface area contributed by atoms with E-state index < -0.39 is 17.3 Å². The van der Waals surface area contributed by atoms with E-state index in [1.165, 1.54) is 6.20 Å². The number of benzene rings is 1. The molecule has 1 saturated carbocycles. The molecule has 0 radical (unpaired) electrons. The Balaban J connectivity index is 1.25. The highest BCUT2D eigenvalue weighted by Gasteiger charge is 2.70. The van der Waals surface area contributed by atoms with Crippen molar-refractivity contribution in [2.45, 2.75) is 49.6 Å². The van der Waals surface area contributed by atoms with Crippen LogP contribution in [-0.4, -0.2) is 74.9 Å². The molecule has 236 valence electrons. The Kier molecular flexibility index (Phi) is 6.36. The summed E-state index contributed by atoms with van der Waals surface area (Å²) in [5, 5.41) is 3.40. The van der Waals surface area contributed by atoms with Crippen LogP contribution in [0.2, 0.25) is 10.2 Å². The lowest BCUT2D eigenvalue weighted by atomic mass is 9.71. The van der Waals surface area contributed by atoms with Gasteiger partial charge in [-0.3, -0.25) is 14.5 Å². The topological polar surface area (TPSA) is 92.1 Å². The summed E-state index contributed by atoms with van der Waals surface area (Å²) in [6.07, 6.45) is 6.25. The molecule has 2 saturated heterocycles. The van der Waals surface area contributed by atoms with Gasteiger partial charge in [0.2, 0.25) is 5.91 Å². The molecule has 0 unspecified atom stereocenters. The number of nitrogens with one attached hydrogen (secondary N) is 1. The molecule has 6 heterocycles. The Hall–Kier alpha value is -3.57. The van der Waals surface area contributed by atoms with Crippen LogP contribution in [0.5, 0.6) is 0 Å². The van der Waals surface area contributed by atoms with Crippen LogP contribution >= 0.6 is 23.2 Å². The molecule has 3 aliphatic heterocycles. The van der Waals surface area contributed by atoms with E-state index in [2.05, 4.69) is 19.6 Å². The fraction of sp³-hybridized carbons (Fsp3) is 0.412. The Bertz CT molecular complexity index is 1970. The first-order valence-corrected chi connectivity index (χ1v) is 16.6. The summed E-state index contributed by atoms with van der Waals surface area (Å²) < 4.78 is 23.8. The fourth-order valence-corrected chi connectivity index (χ4v) is 9.01. The third-order valence-electron chi connectivity index (χ3n) is 10.8. The summed E-state index contributed by atoms with van der Waals surface area (Å²) in [6.45, 7) is 4.78. The van der Waals surface area contributed by atoms with Gasteiger partial charge in [0.1, 0.15) is 11.2 Å². The number of pyridine rings is 2. The molecule has 0 bridgehead atoms. The number of morpholine rings is 1. The highest BCUT2D eigenvalue weighted by Crippen LogP contribution is 2.65. The molecular formula is C34H31Cl2FN6O3. The minimum atomic E-state index is -1.20. The summed E-state index contributed by atoms with van der Waals surface area (Å²) in [5.74, 6) is -1.38. The van der Waals surface area contributed by atoms with Gasteiger partial charge in [-0.1, -0.05) is 29.3 Å². The Labute approximate surface area is 274 Å². The minimum Gasteiger partial charge on any atom is -0.378 e. The quantitative estimate of drug-likeness (QED) is 0.298. The van der Waals surface area contributed by atoms with E-state index in [0.717, 1.165) is 35.4 Å². The van der Waals surface area contributed by atoms with Crippen molar-refractivity contribution in [3.63, 3.8) is 0 Å². The summed E-state index contributed by atoms with van der Waals surface area (Å²) >= 11 is 12.7. The second kappa shape index (κ2) is 10.2. The molecule has 12 heteroatoms. The molecule has 3 fully saturated rings. The predicted molar refractivity (Wildman–Crippen MR) is 170 cm³/mol. The normalized spacial score (nSPS) is 26.9. The summed E-state index contributed by atoms with van der Waals surface area (Å²) in [5.41, 5.74) is 4.52. The van der Waals surface area contributed by atoms with Gasteiger partial charge in [-0.25, -0.2) is 14.4 Å². The lowest BCUT2D eigenvalue weighted by Crippen LogP contribution is -2.53. The molecule has 5 aliphatic rings. The van der Waals surface area contributed by atoms with E-state index in [9.17, 15) is 9.59 Å². The van der Waals surface area contributed by atoms with E-state index in [1.807, 2.05) is 30.2 Å². The van der Waals surface area contributed by atoms with Gasteiger partial charge in [-0.15, -0.1) is 0 Å². The second-order valence-corrected chi connectivity index (χ2v) is 14.0. The number of carbonyl (C=O) groups excluding carboxylic acids is 2. The minimum absolute atomic E-state index is 0.0379. The van der Waals surface area contributed by atoms with E-state index >= 15 is 4.39 Å². The number of aryl methyl sites for hydroxylation is 1. The molecule has 1 spiro atoms. The van der Waals surface area contributed by atoms with Crippen LogP contribution in [0.4, 0.5) is 10.1 Å². The number of ether oxygens (including phenoxy) is 1. The Morgan fingerprint density at radius 3 is 2.76 bits per heavy atom. The lowest BCUT2D eigenvalue weighted by Gasteiger charge is -2.40. The Morgan fingerprint density at radius 2 is 1.98 bits per heavy atom. The zero-order valence-electron chi connectivity index (χ0n) is 25.1. The predicted octanol–water partition coefficient (Wildman–Crippen LogP) is 5.32. The zero-order chi connectivity index (χ0) is 31.5. The van der Waals surface area contributed by atoms with Crippen LogP contribution in [0.3, 0.4) is 0 Å². The van der Waals surface area contributed by atoms with Crippen molar-refractivity contribution in [3.05, 3.63) is 92.4 Å². The van der Waals surface area contributed by atoms with Crippen LogP contribution in [0.25, 0.3) is 5.65 Å². The number of amides is 2. The van der Waals surface area contributed by atoms with Crippen LogP contribution < -0.4 is 5.32 Å². The number of hydrogen-bond donors (Lipinski definition) is 1. The average Bonchev–Trinajstić information content (AvgIpc) is 3.49. The molecular weight excluding hydrogens is 630 g/mol. The van der Waals surface area contributed by atoms with Crippen molar-refractivity contribution in [3.8, 4) is 0 Å². The number of aromatic nitrogens is 3. The first kappa shape index (κ1) is 28.6. The maximum Gasteiger partial charge on any atom is 0.254 e. The van der Waals surface area contributed by atoms with Gasteiger partial charge in [0.25, 0.3) is 5.91 Å². The maximum atomic E-state index is 16.2. The highest BCUT2D eigenvalue weighted by atomic mass is 35.5. The Morgan fingerprint density at radius 1 is 1.17 bits per heavy atom. The molecule has 46 heavy (non-hydrogen) atoms. The van der Waals surface area contributed by atoms with Crippen molar-refractivity contribution in [2.75, 3.05) is 38.2 Å². The molecule has 9 nitrogen and oxygen atoms in total. The smallest absolute Gasteiger partial charge is 0.254 e. The second-order valence-electron chi connectivity index (χ2n) is 13.2. The van der Waals surface area contributed by atoms with Gasteiger partial charge in [-0.2, -0.15) is 0 Å². The largest absolute Gasteiger partial charge is 0.378 e. The summed E-state index contributed by atoms with van der Waals surface area (Å²) in [7, 11) is 0.